The number of aromatic nitrogens is 1. The molecule has 0 aliphatic carbocycles. The molecule has 2 aromatic rings. The smallest absolute Gasteiger partial charge is 0.125 e. The lowest BCUT2D eigenvalue weighted by atomic mass is 9.96. The van der Waals surface area contributed by atoms with Crippen LogP contribution >= 0.6 is 15.9 Å². The van der Waals surface area contributed by atoms with E-state index in [-0.39, 0.29) is 6.04 Å². The third-order valence-corrected chi connectivity index (χ3v) is 3.68. The summed E-state index contributed by atoms with van der Waals surface area (Å²) in [7, 11) is 3.63. The minimum Gasteiger partial charge on any atom is -0.496 e. The summed E-state index contributed by atoms with van der Waals surface area (Å²) in [5.41, 5.74) is 3.47. The molecular formula is C15H17BrN2O. The molecule has 0 saturated carbocycles. The highest BCUT2D eigenvalue weighted by Gasteiger charge is 2.18. The number of hydrogen-bond acceptors (Lipinski definition) is 3. The normalized spacial score (nSPS) is 12.2. The Morgan fingerprint density at radius 3 is 2.68 bits per heavy atom. The maximum atomic E-state index is 5.48. The molecular weight excluding hydrogens is 304 g/mol. The van der Waals surface area contributed by atoms with Crippen molar-refractivity contribution < 1.29 is 4.74 Å². The monoisotopic (exact) mass is 320 g/mol. The molecule has 1 aromatic carbocycles. The van der Waals surface area contributed by atoms with Crippen LogP contribution in [0.25, 0.3) is 0 Å². The first-order valence-electron chi connectivity index (χ1n) is 6.08. The van der Waals surface area contributed by atoms with Crippen LogP contribution in [-0.2, 0) is 0 Å². The average Bonchev–Trinajstić information content (AvgIpc) is 2.43. The van der Waals surface area contributed by atoms with Gasteiger partial charge in [0.25, 0.3) is 0 Å². The van der Waals surface area contributed by atoms with Crippen LogP contribution in [0.15, 0.2) is 41.1 Å². The van der Waals surface area contributed by atoms with Crippen molar-refractivity contribution >= 4 is 15.9 Å². The lowest BCUT2D eigenvalue weighted by Gasteiger charge is -2.21. The number of ether oxygens (including phenoxy) is 1. The molecule has 0 aliphatic heterocycles. The number of methoxy groups -OCH3 is 1. The van der Waals surface area contributed by atoms with Crippen molar-refractivity contribution in [3.05, 3.63) is 57.8 Å². The second kappa shape index (κ2) is 6.17. The number of pyridine rings is 1. The fourth-order valence-corrected chi connectivity index (χ4v) is 2.52. The van der Waals surface area contributed by atoms with E-state index >= 15 is 0 Å². The molecule has 1 atom stereocenters. The molecule has 0 spiro atoms. The number of aryl methyl sites for hydroxylation is 1. The summed E-state index contributed by atoms with van der Waals surface area (Å²) >= 11 is 3.47. The molecule has 1 heterocycles. The van der Waals surface area contributed by atoms with Gasteiger partial charge in [0, 0.05) is 22.4 Å². The van der Waals surface area contributed by atoms with Crippen LogP contribution in [0.5, 0.6) is 5.75 Å². The zero-order valence-corrected chi connectivity index (χ0v) is 12.9. The van der Waals surface area contributed by atoms with Gasteiger partial charge in [0.2, 0.25) is 0 Å². The average molecular weight is 321 g/mol. The highest BCUT2D eigenvalue weighted by Crippen LogP contribution is 2.32. The molecule has 0 amide bonds. The summed E-state index contributed by atoms with van der Waals surface area (Å²) in [6.07, 6.45) is 3.71. The van der Waals surface area contributed by atoms with E-state index in [1.54, 1.807) is 7.11 Å². The third-order valence-electron chi connectivity index (χ3n) is 3.19. The van der Waals surface area contributed by atoms with Crippen molar-refractivity contribution in [2.75, 3.05) is 14.2 Å². The molecule has 0 radical (unpaired) electrons. The number of nitrogens with zero attached hydrogens (tertiary/aromatic N) is 1. The minimum absolute atomic E-state index is 0.0664. The number of rotatable bonds is 4. The largest absolute Gasteiger partial charge is 0.496 e. The van der Waals surface area contributed by atoms with E-state index < -0.39 is 0 Å². The summed E-state index contributed by atoms with van der Waals surface area (Å²) in [6, 6.07) is 8.15. The molecule has 1 unspecified atom stereocenters. The van der Waals surface area contributed by atoms with E-state index in [1.165, 1.54) is 5.56 Å². The van der Waals surface area contributed by atoms with Crippen LogP contribution in [0.3, 0.4) is 0 Å². The highest BCUT2D eigenvalue weighted by molar-refractivity contribution is 9.10. The quantitative estimate of drug-likeness (QED) is 0.936. The first kappa shape index (κ1) is 14.0. The van der Waals surface area contributed by atoms with E-state index in [0.29, 0.717) is 0 Å². The maximum Gasteiger partial charge on any atom is 0.125 e. The number of halogens is 1. The molecule has 1 N–H and O–H groups in total. The van der Waals surface area contributed by atoms with Crippen molar-refractivity contribution in [1.29, 1.82) is 0 Å². The summed E-state index contributed by atoms with van der Waals surface area (Å²) in [6.45, 7) is 2.09. The van der Waals surface area contributed by atoms with Gasteiger partial charge in [-0.1, -0.05) is 22.0 Å². The van der Waals surface area contributed by atoms with Crippen molar-refractivity contribution in [2.45, 2.75) is 13.0 Å². The zero-order valence-electron chi connectivity index (χ0n) is 11.3. The van der Waals surface area contributed by atoms with Crippen LogP contribution in [0, 0.1) is 6.92 Å². The summed E-state index contributed by atoms with van der Waals surface area (Å²) in [5, 5.41) is 3.33. The predicted molar refractivity (Wildman–Crippen MR) is 80.6 cm³/mol. The van der Waals surface area contributed by atoms with E-state index in [4.69, 9.17) is 4.74 Å². The summed E-state index contributed by atoms with van der Waals surface area (Å²) < 4.78 is 6.49. The van der Waals surface area contributed by atoms with Gasteiger partial charge in [-0.15, -0.1) is 0 Å². The van der Waals surface area contributed by atoms with Crippen molar-refractivity contribution in [1.82, 2.24) is 10.3 Å². The van der Waals surface area contributed by atoms with Crippen LogP contribution in [-0.4, -0.2) is 19.1 Å². The molecule has 0 fully saturated rings. The van der Waals surface area contributed by atoms with Crippen LogP contribution in [0.1, 0.15) is 22.7 Å². The molecule has 2 rings (SSSR count). The van der Waals surface area contributed by atoms with E-state index in [0.717, 1.165) is 21.3 Å². The molecule has 1 aromatic heterocycles. The predicted octanol–water partition coefficient (Wildman–Crippen LogP) is 3.47. The van der Waals surface area contributed by atoms with Crippen molar-refractivity contribution in [3.8, 4) is 5.75 Å². The molecule has 0 saturated heterocycles. The summed E-state index contributed by atoms with van der Waals surface area (Å²) in [4.78, 5) is 4.22. The number of hydrogen-bond donors (Lipinski definition) is 1. The molecule has 100 valence electrons. The van der Waals surface area contributed by atoms with Gasteiger partial charge in [0.05, 0.1) is 13.2 Å². The van der Waals surface area contributed by atoms with E-state index in [2.05, 4.69) is 39.2 Å². The lowest BCUT2D eigenvalue weighted by molar-refractivity contribution is 0.405. The highest BCUT2D eigenvalue weighted by atomic mass is 79.9. The molecule has 3 nitrogen and oxygen atoms in total. The Morgan fingerprint density at radius 2 is 2.05 bits per heavy atom. The summed E-state index contributed by atoms with van der Waals surface area (Å²) in [5.74, 6) is 0.858. The Balaban J connectivity index is 2.51. The Labute approximate surface area is 122 Å². The van der Waals surface area contributed by atoms with Gasteiger partial charge in [-0.25, -0.2) is 0 Å². The van der Waals surface area contributed by atoms with E-state index in [9.17, 15) is 0 Å². The van der Waals surface area contributed by atoms with Gasteiger partial charge in [0.15, 0.2) is 0 Å². The maximum absolute atomic E-state index is 5.48. The topological polar surface area (TPSA) is 34.2 Å². The second-order valence-corrected chi connectivity index (χ2v) is 5.26. The Hall–Kier alpha value is -1.39. The van der Waals surface area contributed by atoms with E-state index in [1.807, 2.05) is 37.6 Å². The molecule has 19 heavy (non-hydrogen) atoms. The SMILES string of the molecule is CNC(c1cnccc1C)c1ccc(Br)cc1OC. The van der Waals surface area contributed by atoms with Gasteiger partial charge in [-0.2, -0.15) is 0 Å². The zero-order chi connectivity index (χ0) is 13.8. The van der Waals surface area contributed by atoms with Gasteiger partial charge in [-0.05, 0) is 43.3 Å². The Kier molecular flexibility index (Phi) is 4.56. The minimum atomic E-state index is 0.0664. The molecule has 0 aliphatic rings. The standard InChI is InChI=1S/C15H17BrN2O/c1-10-6-7-18-9-13(10)15(17-2)12-5-4-11(16)8-14(12)19-3/h4-9,15,17H,1-3H3. The Morgan fingerprint density at radius 1 is 1.26 bits per heavy atom. The molecule has 0 bridgehead atoms. The second-order valence-electron chi connectivity index (χ2n) is 4.34. The first-order valence-corrected chi connectivity index (χ1v) is 6.88. The van der Waals surface area contributed by atoms with Gasteiger partial charge in [-0.3, -0.25) is 4.98 Å². The Bertz CT molecular complexity index is 572. The lowest BCUT2D eigenvalue weighted by Crippen LogP contribution is -2.19. The van der Waals surface area contributed by atoms with Gasteiger partial charge < -0.3 is 10.1 Å². The number of benzene rings is 1. The van der Waals surface area contributed by atoms with Crippen LogP contribution in [0.4, 0.5) is 0 Å². The van der Waals surface area contributed by atoms with Crippen molar-refractivity contribution in [3.63, 3.8) is 0 Å². The van der Waals surface area contributed by atoms with Crippen LogP contribution in [0.2, 0.25) is 0 Å². The fourth-order valence-electron chi connectivity index (χ4n) is 2.18. The first-order chi connectivity index (χ1) is 9.17. The van der Waals surface area contributed by atoms with Crippen molar-refractivity contribution in [2.24, 2.45) is 0 Å². The van der Waals surface area contributed by atoms with Gasteiger partial charge >= 0.3 is 0 Å². The number of nitrogens with one attached hydrogen (secondary N) is 1. The molecule has 4 heteroatoms. The van der Waals surface area contributed by atoms with Gasteiger partial charge in [0.1, 0.15) is 5.75 Å². The fraction of sp³-hybridized carbons (Fsp3) is 0.267. The van der Waals surface area contributed by atoms with Crippen LogP contribution < -0.4 is 10.1 Å². The third kappa shape index (κ3) is 2.96.